The Hall–Kier alpha value is -5.05. The second-order valence-electron chi connectivity index (χ2n) is 21.9. The van der Waals surface area contributed by atoms with E-state index in [1.165, 1.54) is 85.7 Å². The summed E-state index contributed by atoms with van der Waals surface area (Å²) in [5.41, 5.74) is 18.7. The second kappa shape index (κ2) is 18.8. The predicted molar refractivity (Wildman–Crippen MR) is 314 cm³/mol. The van der Waals surface area contributed by atoms with Crippen molar-refractivity contribution in [3.63, 3.8) is 0 Å². The highest BCUT2D eigenvalue weighted by Crippen LogP contribution is 2.71. The van der Waals surface area contributed by atoms with Gasteiger partial charge in [0.05, 0.1) is 0 Å². The quantitative estimate of drug-likeness (QED) is 0.105. The van der Waals surface area contributed by atoms with Crippen molar-refractivity contribution < 1.29 is 4.57 Å². The van der Waals surface area contributed by atoms with Crippen LogP contribution in [0, 0.1) is 17.8 Å². The smallest absolute Gasteiger partial charge is 0.147 e. The summed E-state index contributed by atoms with van der Waals surface area (Å²) in [6.45, 7) is 16.7. The van der Waals surface area contributed by atoms with E-state index in [1.807, 2.05) is 11.3 Å². The summed E-state index contributed by atoms with van der Waals surface area (Å²) in [5.74, 6) is 1.45. The molecule has 0 spiro atoms. The molecule has 0 N–H and O–H groups in total. The predicted octanol–water partition coefficient (Wildman–Crippen LogP) is 20.1. The van der Waals surface area contributed by atoms with Crippen LogP contribution in [0.15, 0.2) is 115 Å². The zero-order chi connectivity index (χ0) is 48.7. The molecule has 0 unspecified atom stereocenters. The van der Waals surface area contributed by atoms with Gasteiger partial charge in [0, 0.05) is 51.4 Å². The summed E-state index contributed by atoms with van der Waals surface area (Å²) in [7, 11) is -3.11. The Kier molecular flexibility index (Phi) is 12.4. The molecule has 1 nitrogen and oxygen atoms in total. The van der Waals surface area contributed by atoms with Crippen LogP contribution in [0.1, 0.15) is 138 Å². The summed E-state index contributed by atoms with van der Waals surface area (Å²) < 4.78 is 21.5. The van der Waals surface area contributed by atoms with Crippen LogP contribution in [0.2, 0.25) is 0 Å². The maximum atomic E-state index is 17.2. The van der Waals surface area contributed by atoms with Crippen LogP contribution in [0.4, 0.5) is 0 Å². The maximum Gasteiger partial charge on any atom is 0.147 e. The first-order valence-electron chi connectivity index (χ1n) is 27.3. The number of aryl methyl sites for hydroxylation is 2. The van der Waals surface area contributed by atoms with Crippen molar-refractivity contribution in [1.82, 2.24) is 0 Å². The van der Waals surface area contributed by atoms with Crippen LogP contribution in [0.3, 0.4) is 0 Å². The van der Waals surface area contributed by atoms with E-state index in [4.69, 9.17) is 0 Å². The molecule has 0 radical (unpaired) electrons. The lowest BCUT2D eigenvalue weighted by atomic mass is 9.77. The van der Waals surface area contributed by atoms with E-state index < -0.39 is 7.14 Å². The molecule has 4 atom stereocenters. The van der Waals surface area contributed by atoms with E-state index in [1.54, 1.807) is 33.4 Å². The molecule has 3 heterocycles. The highest BCUT2D eigenvalue weighted by molar-refractivity contribution is 7.82. The number of hydrogen-bond donors (Lipinski definition) is 0. The standard InChI is InChI=1S/C67H69OPS2/c1-8-18-48-49(19-9-2)53-37-54-50(20-10-3)51(21-11-4)67-66(64-56-39-62(70-60(56)32-33-61(64)71-67)45-29-27-43(28-30-45)42-22-14-12-15-23-42)65(54)63(53)55-38-58-46(35-52(48)55)36-57(44-24-16-13-17-25-44)69(58,68)59-34-41(7)26-31-47(59)40(5)6/h12-17,22-25,27-30,32-33,35-36,38-41,47,59H,8-11,18-21,26,31,34,37H2,1-7H3/t41-,47+,59-,69+/m1/s1. The topological polar surface area (TPSA) is 17.1 Å². The van der Waals surface area contributed by atoms with Crippen molar-refractivity contribution in [2.75, 3.05) is 0 Å². The van der Waals surface area contributed by atoms with Crippen molar-refractivity contribution in [3.05, 3.63) is 160 Å². The minimum Gasteiger partial charge on any atom is -0.313 e. The van der Waals surface area contributed by atoms with Crippen molar-refractivity contribution >= 4 is 87.5 Å². The normalized spacial score (nSPS) is 19.6. The Morgan fingerprint density at radius 1 is 0.577 bits per heavy atom. The average Bonchev–Trinajstić information content (AvgIpc) is 4.17. The first-order chi connectivity index (χ1) is 34.7. The van der Waals surface area contributed by atoms with Crippen molar-refractivity contribution in [3.8, 4) is 32.7 Å². The largest absolute Gasteiger partial charge is 0.313 e. The fourth-order valence-corrected chi connectivity index (χ4v) is 20.7. The van der Waals surface area contributed by atoms with E-state index in [0.29, 0.717) is 17.8 Å². The average molecular weight is 985 g/mol. The zero-order valence-corrected chi connectivity index (χ0v) is 45.5. The van der Waals surface area contributed by atoms with Crippen molar-refractivity contribution in [2.45, 2.75) is 131 Å². The van der Waals surface area contributed by atoms with E-state index in [2.05, 4.69) is 181 Å². The monoisotopic (exact) mass is 984 g/mol. The first kappa shape index (κ1) is 47.0. The molecule has 2 aromatic heterocycles. The minimum absolute atomic E-state index is 0.127. The van der Waals surface area contributed by atoms with Gasteiger partial charge in [0.1, 0.15) is 7.14 Å². The Balaban J connectivity index is 1.17. The van der Waals surface area contributed by atoms with E-state index in [0.717, 1.165) is 86.8 Å². The van der Waals surface area contributed by atoms with E-state index >= 15 is 4.57 Å². The second-order valence-corrected chi connectivity index (χ2v) is 27.0. The van der Waals surface area contributed by atoms with Crippen molar-refractivity contribution in [2.24, 2.45) is 17.8 Å². The molecule has 3 aliphatic rings. The number of benzene rings is 7. The summed E-state index contributed by atoms with van der Waals surface area (Å²) in [6.07, 6.45) is 15.6. The van der Waals surface area contributed by atoms with Crippen LogP contribution >= 0.6 is 29.8 Å². The Labute approximate surface area is 430 Å². The van der Waals surface area contributed by atoms with Gasteiger partial charge in [-0.15, -0.1) is 22.7 Å². The molecule has 4 heteroatoms. The van der Waals surface area contributed by atoms with Crippen molar-refractivity contribution in [1.29, 1.82) is 0 Å². The molecule has 1 saturated carbocycles. The summed E-state index contributed by atoms with van der Waals surface area (Å²) in [5, 5.41) is 9.31. The lowest BCUT2D eigenvalue weighted by molar-refractivity contribution is 0.238. The van der Waals surface area contributed by atoms with Crippen LogP contribution in [0.5, 0.6) is 0 Å². The number of fused-ring (bicyclic) bond motifs is 12. The third-order valence-electron chi connectivity index (χ3n) is 17.1. The number of rotatable bonds is 13. The molecule has 0 amide bonds. The zero-order valence-electron chi connectivity index (χ0n) is 43.0. The molecular weight excluding hydrogens is 916 g/mol. The SMILES string of the molecule is CCCc1c2c(c3cc4c(cc3c1CCC)C=C(c1ccccc1)[P@@]4(=O)[C@@H]1C[C@H](C)CC[C@H]1C(C)C)-c1c(c(CCC)c(CCC)c3sc4ccc5sc(-c6ccc(-c7ccccc7)cc6)cc5c4c13)C2. The summed E-state index contributed by atoms with van der Waals surface area (Å²) in [4.78, 5) is 1.32. The molecule has 0 saturated heterocycles. The Bertz CT molecular complexity index is 3600. The molecule has 12 rings (SSSR count). The third-order valence-corrected chi connectivity index (χ3v) is 23.2. The van der Waals surface area contributed by atoms with Crippen LogP contribution in [-0.4, -0.2) is 5.66 Å². The number of hydrogen-bond acceptors (Lipinski definition) is 3. The summed E-state index contributed by atoms with van der Waals surface area (Å²) >= 11 is 3.99. The van der Waals surface area contributed by atoms with Crippen LogP contribution < -0.4 is 5.30 Å². The van der Waals surface area contributed by atoms with Gasteiger partial charge in [0.15, 0.2) is 0 Å². The Morgan fingerprint density at radius 2 is 1.18 bits per heavy atom. The molecular formula is C67H69OPS2. The Morgan fingerprint density at radius 3 is 1.87 bits per heavy atom. The van der Waals surface area contributed by atoms with Gasteiger partial charge in [0.2, 0.25) is 0 Å². The molecule has 360 valence electrons. The fraction of sp³-hybridized carbons (Fsp3) is 0.343. The van der Waals surface area contributed by atoms with Crippen LogP contribution in [-0.2, 0) is 36.7 Å². The van der Waals surface area contributed by atoms with E-state index in [-0.39, 0.29) is 5.66 Å². The van der Waals surface area contributed by atoms with Gasteiger partial charge in [-0.2, -0.15) is 0 Å². The molecule has 0 bridgehead atoms. The lowest BCUT2D eigenvalue weighted by Gasteiger charge is -2.42. The molecule has 9 aromatic rings. The molecule has 71 heavy (non-hydrogen) atoms. The van der Waals surface area contributed by atoms with Gasteiger partial charge in [-0.3, -0.25) is 0 Å². The van der Waals surface area contributed by atoms with Gasteiger partial charge in [-0.1, -0.05) is 165 Å². The van der Waals surface area contributed by atoms with E-state index in [9.17, 15) is 0 Å². The third kappa shape index (κ3) is 7.52. The molecule has 1 aliphatic heterocycles. The first-order valence-corrected chi connectivity index (χ1v) is 30.7. The van der Waals surface area contributed by atoms with Gasteiger partial charge >= 0.3 is 0 Å². The van der Waals surface area contributed by atoms with Gasteiger partial charge in [-0.25, -0.2) is 0 Å². The minimum atomic E-state index is -3.11. The van der Waals surface area contributed by atoms with Gasteiger partial charge < -0.3 is 4.57 Å². The lowest BCUT2D eigenvalue weighted by Crippen LogP contribution is -2.34. The van der Waals surface area contributed by atoms with Gasteiger partial charge in [0.25, 0.3) is 0 Å². The van der Waals surface area contributed by atoms with Gasteiger partial charge in [-0.05, 0) is 182 Å². The highest BCUT2D eigenvalue weighted by Gasteiger charge is 2.50. The highest BCUT2D eigenvalue weighted by atomic mass is 32.1. The number of thiophene rings is 2. The fourth-order valence-electron chi connectivity index (χ4n) is 14.0. The molecule has 7 aromatic carbocycles. The molecule has 2 aliphatic carbocycles. The maximum absolute atomic E-state index is 17.2. The summed E-state index contributed by atoms with van der Waals surface area (Å²) in [6, 6.07) is 43.3. The van der Waals surface area contributed by atoms with Crippen LogP contribution in [0.25, 0.3) is 85.1 Å². The molecule has 1 fully saturated rings.